The van der Waals surface area contributed by atoms with E-state index in [1.54, 1.807) is 37.3 Å². The Kier molecular flexibility index (Phi) is 9.37. The van der Waals surface area contributed by atoms with Crippen molar-refractivity contribution < 1.29 is 18.3 Å². The molecule has 11 heteroatoms. The number of nitrogens with zero attached hydrogens (tertiary/aromatic N) is 3. The van der Waals surface area contributed by atoms with E-state index in [0.29, 0.717) is 18.0 Å². The number of rotatable bonds is 10. The first kappa shape index (κ1) is 25.0. The molecule has 0 aliphatic carbocycles. The van der Waals surface area contributed by atoms with Crippen LogP contribution in [0.1, 0.15) is 6.92 Å². The Morgan fingerprint density at radius 3 is 2.59 bits per heavy atom. The molecule has 1 heterocycles. The lowest BCUT2D eigenvalue weighted by atomic mass is 10.3. The van der Waals surface area contributed by atoms with Gasteiger partial charge in [0.1, 0.15) is 27.6 Å². The lowest BCUT2D eigenvalue weighted by molar-refractivity contribution is -0.116. The Morgan fingerprint density at radius 2 is 2.03 bits per heavy atom. The molecule has 1 aromatic carbocycles. The van der Waals surface area contributed by atoms with E-state index in [4.69, 9.17) is 4.74 Å². The molecule has 0 aliphatic rings. The second-order valence-corrected chi connectivity index (χ2v) is 7.90. The van der Waals surface area contributed by atoms with Gasteiger partial charge in [-0.1, -0.05) is 0 Å². The summed E-state index contributed by atoms with van der Waals surface area (Å²) in [5.41, 5.74) is -0.0620. The largest absolute Gasteiger partial charge is 0.492 e. The minimum Gasteiger partial charge on any atom is -0.492 e. The first-order chi connectivity index (χ1) is 15.3. The van der Waals surface area contributed by atoms with Crippen molar-refractivity contribution in [3.05, 3.63) is 43.8 Å². The number of aromatic nitrogens is 1. The lowest BCUT2D eigenvalue weighted by Crippen LogP contribution is -2.35. The van der Waals surface area contributed by atoms with Crippen molar-refractivity contribution in [1.29, 1.82) is 5.26 Å². The SMILES string of the molecule is CCn1c(=O)c(=CNc2ccc(OCCN(C)C)cc2)s/c1=C(/C#N)C(=O)NCC(F)F. The van der Waals surface area contributed by atoms with Crippen molar-refractivity contribution in [2.24, 2.45) is 0 Å². The summed E-state index contributed by atoms with van der Waals surface area (Å²) >= 11 is 0.937. The van der Waals surface area contributed by atoms with Crippen LogP contribution in [0.25, 0.3) is 11.8 Å². The highest BCUT2D eigenvalue weighted by Gasteiger charge is 2.16. The van der Waals surface area contributed by atoms with Crippen LogP contribution in [-0.2, 0) is 11.3 Å². The molecule has 172 valence electrons. The fourth-order valence-corrected chi connectivity index (χ4v) is 3.68. The Labute approximate surface area is 188 Å². The molecule has 2 N–H and O–H groups in total. The summed E-state index contributed by atoms with van der Waals surface area (Å²) in [7, 11) is 3.92. The number of thiazole rings is 1. The molecule has 2 rings (SSSR count). The summed E-state index contributed by atoms with van der Waals surface area (Å²) < 4.78 is 32.0. The molecule has 0 unspecified atom stereocenters. The Hall–Kier alpha value is -3.23. The van der Waals surface area contributed by atoms with Gasteiger partial charge >= 0.3 is 0 Å². The summed E-state index contributed by atoms with van der Waals surface area (Å²) in [5.74, 6) is -0.229. The molecule has 0 radical (unpaired) electrons. The number of nitrogens with one attached hydrogen (secondary N) is 2. The predicted octanol–water partition coefficient (Wildman–Crippen LogP) is 0.776. The summed E-state index contributed by atoms with van der Waals surface area (Å²) in [4.78, 5) is 26.8. The monoisotopic (exact) mass is 465 g/mol. The molecule has 0 saturated carbocycles. The van der Waals surface area contributed by atoms with Gasteiger partial charge < -0.3 is 20.3 Å². The molecule has 0 aliphatic heterocycles. The summed E-state index contributed by atoms with van der Waals surface area (Å²) in [5, 5.41) is 14.4. The standard InChI is InChI=1S/C21H25F2N5O3S/c1-4-28-20(30)17(32-21(28)16(11-24)19(29)26-13-18(22)23)12-25-14-5-7-15(8-6-14)31-10-9-27(2)3/h5-8,12,18,25H,4,9-10,13H2,1-3H3,(H,26,29)/b17-12?,21-16-. The maximum Gasteiger partial charge on any atom is 0.270 e. The highest BCUT2D eigenvalue weighted by molar-refractivity contribution is 7.07. The van der Waals surface area contributed by atoms with Crippen LogP contribution >= 0.6 is 11.3 Å². The second-order valence-electron chi connectivity index (χ2n) is 6.87. The third-order valence-corrected chi connectivity index (χ3v) is 5.36. The van der Waals surface area contributed by atoms with Gasteiger partial charge in [-0.25, -0.2) is 8.78 Å². The van der Waals surface area contributed by atoms with Gasteiger partial charge in [0.05, 0.1) is 6.54 Å². The predicted molar refractivity (Wildman–Crippen MR) is 120 cm³/mol. The highest BCUT2D eigenvalue weighted by Crippen LogP contribution is 2.15. The number of benzene rings is 1. The summed E-state index contributed by atoms with van der Waals surface area (Å²) in [6.07, 6.45) is -1.26. The van der Waals surface area contributed by atoms with Crippen LogP contribution in [0.4, 0.5) is 14.5 Å². The number of carbonyl (C=O) groups is 1. The minimum absolute atomic E-state index is 0.115. The number of carbonyl (C=O) groups excluding carboxylic acids is 1. The number of amides is 1. The molecule has 1 amide bonds. The van der Waals surface area contributed by atoms with E-state index in [2.05, 4.69) is 5.32 Å². The summed E-state index contributed by atoms with van der Waals surface area (Å²) in [6.45, 7) is 2.38. The molecular weight excluding hydrogens is 440 g/mol. The number of ether oxygens (including phenoxy) is 1. The minimum atomic E-state index is -2.74. The van der Waals surface area contributed by atoms with E-state index in [1.807, 2.05) is 24.3 Å². The van der Waals surface area contributed by atoms with Crippen LogP contribution < -0.4 is 30.1 Å². The van der Waals surface area contributed by atoms with E-state index in [1.165, 1.54) is 10.8 Å². The molecule has 0 atom stereocenters. The van der Waals surface area contributed by atoms with Gasteiger partial charge in [-0.05, 0) is 45.3 Å². The van der Waals surface area contributed by atoms with Crippen molar-refractivity contribution >= 4 is 34.7 Å². The molecule has 2 aromatic rings. The highest BCUT2D eigenvalue weighted by atomic mass is 32.1. The van der Waals surface area contributed by atoms with Crippen molar-refractivity contribution in [2.45, 2.75) is 19.9 Å². The maximum atomic E-state index is 12.7. The van der Waals surface area contributed by atoms with Gasteiger partial charge in [0.2, 0.25) is 0 Å². The average Bonchev–Trinajstić information content (AvgIpc) is 3.07. The van der Waals surface area contributed by atoms with E-state index >= 15 is 0 Å². The lowest BCUT2D eigenvalue weighted by Gasteiger charge is -2.11. The van der Waals surface area contributed by atoms with Crippen LogP contribution in [0.2, 0.25) is 0 Å². The van der Waals surface area contributed by atoms with Crippen LogP contribution in [0.15, 0.2) is 29.1 Å². The average molecular weight is 466 g/mol. The van der Waals surface area contributed by atoms with Crippen molar-refractivity contribution in [3.8, 4) is 11.8 Å². The third kappa shape index (κ3) is 6.90. The number of likely N-dealkylation sites (N-methyl/N-ethyl adjacent to an activating group) is 1. The molecule has 0 spiro atoms. The third-order valence-electron chi connectivity index (χ3n) is 4.23. The quantitative estimate of drug-likeness (QED) is 0.538. The number of hydrogen-bond acceptors (Lipinski definition) is 7. The van der Waals surface area contributed by atoms with Crippen LogP contribution in [-0.4, -0.2) is 55.6 Å². The van der Waals surface area contributed by atoms with Gasteiger partial charge in [-0.15, -0.1) is 11.3 Å². The second kappa shape index (κ2) is 12.0. The molecule has 32 heavy (non-hydrogen) atoms. The van der Waals surface area contributed by atoms with Crippen LogP contribution in [0, 0.1) is 11.3 Å². The zero-order chi connectivity index (χ0) is 23.7. The molecule has 0 fully saturated rings. The fourth-order valence-electron chi connectivity index (χ4n) is 2.59. The van der Waals surface area contributed by atoms with E-state index in [-0.39, 0.29) is 21.3 Å². The zero-order valence-electron chi connectivity index (χ0n) is 18.0. The van der Waals surface area contributed by atoms with E-state index in [9.17, 15) is 23.6 Å². The number of nitriles is 1. The van der Waals surface area contributed by atoms with Crippen molar-refractivity contribution in [2.75, 3.05) is 39.1 Å². The Balaban J connectivity index is 2.27. The first-order valence-corrected chi connectivity index (χ1v) is 10.6. The Morgan fingerprint density at radius 1 is 1.34 bits per heavy atom. The topological polar surface area (TPSA) is 99.4 Å². The maximum absolute atomic E-state index is 12.7. The van der Waals surface area contributed by atoms with Crippen LogP contribution in [0.3, 0.4) is 0 Å². The Bertz CT molecular complexity index is 1130. The number of hydrogen-bond donors (Lipinski definition) is 2. The van der Waals surface area contributed by atoms with Crippen molar-refractivity contribution in [3.63, 3.8) is 0 Å². The van der Waals surface area contributed by atoms with Gasteiger partial charge in [0.25, 0.3) is 17.9 Å². The van der Waals surface area contributed by atoms with Gasteiger partial charge in [-0.3, -0.25) is 14.2 Å². The van der Waals surface area contributed by atoms with E-state index in [0.717, 1.165) is 17.9 Å². The zero-order valence-corrected chi connectivity index (χ0v) is 18.8. The molecule has 0 saturated heterocycles. The van der Waals surface area contributed by atoms with Gasteiger partial charge in [0, 0.05) is 25.0 Å². The van der Waals surface area contributed by atoms with E-state index < -0.39 is 24.4 Å². The molecule has 8 nitrogen and oxygen atoms in total. The molecule has 1 aromatic heterocycles. The fraction of sp³-hybridized carbons (Fsp3) is 0.381. The first-order valence-electron chi connectivity index (χ1n) is 9.81. The summed E-state index contributed by atoms with van der Waals surface area (Å²) in [6, 6.07) is 8.89. The van der Waals surface area contributed by atoms with Crippen molar-refractivity contribution in [1.82, 2.24) is 14.8 Å². The van der Waals surface area contributed by atoms with Gasteiger partial charge in [0.15, 0.2) is 5.57 Å². The number of anilines is 1. The molecule has 0 bridgehead atoms. The smallest absolute Gasteiger partial charge is 0.270 e. The number of alkyl halides is 2. The van der Waals surface area contributed by atoms with Crippen LogP contribution in [0.5, 0.6) is 5.75 Å². The van der Waals surface area contributed by atoms with Gasteiger partial charge in [-0.2, -0.15) is 5.26 Å². The normalized spacial score (nSPS) is 12.6. The number of halogens is 2. The molecular formula is C21H25F2N5O3S.